The van der Waals surface area contributed by atoms with Crippen molar-refractivity contribution < 1.29 is 9.59 Å². The Hall–Kier alpha value is -1.84. The van der Waals surface area contributed by atoms with Gasteiger partial charge in [0.05, 0.1) is 0 Å². The summed E-state index contributed by atoms with van der Waals surface area (Å²) >= 11 is 0. The largest absolute Gasteiger partial charge is 0.273 e. The molecule has 0 bridgehead atoms. The molecular formula is C11H14N2O2. The van der Waals surface area contributed by atoms with Crippen molar-refractivity contribution in [1.82, 2.24) is 10.9 Å². The molecule has 0 saturated heterocycles. The van der Waals surface area contributed by atoms with E-state index in [0.29, 0.717) is 12.0 Å². The lowest BCUT2D eigenvalue weighted by Gasteiger charge is -2.06. The van der Waals surface area contributed by atoms with Gasteiger partial charge >= 0.3 is 0 Å². The Morgan fingerprint density at radius 2 is 2.00 bits per heavy atom. The SMILES string of the molecule is CCC(=O)NNC(=O)c1cccc(C)c1. The molecule has 0 aliphatic carbocycles. The Labute approximate surface area is 88.6 Å². The van der Waals surface area contributed by atoms with E-state index in [4.69, 9.17) is 0 Å². The fraction of sp³-hybridized carbons (Fsp3) is 0.273. The average Bonchev–Trinajstić information content (AvgIpc) is 2.25. The highest BCUT2D eigenvalue weighted by molar-refractivity contribution is 5.95. The second kappa shape index (κ2) is 5.14. The lowest BCUT2D eigenvalue weighted by Crippen LogP contribution is -2.41. The number of hydrogen-bond donors (Lipinski definition) is 2. The highest BCUT2D eigenvalue weighted by Gasteiger charge is 2.05. The third-order valence-electron chi connectivity index (χ3n) is 1.92. The van der Waals surface area contributed by atoms with Crippen LogP contribution >= 0.6 is 0 Å². The van der Waals surface area contributed by atoms with Gasteiger partial charge in [-0.3, -0.25) is 20.4 Å². The molecule has 1 aromatic carbocycles. The summed E-state index contributed by atoms with van der Waals surface area (Å²) in [7, 11) is 0. The first kappa shape index (κ1) is 11.2. The summed E-state index contributed by atoms with van der Waals surface area (Å²) in [4.78, 5) is 22.4. The molecule has 1 aromatic rings. The number of hydrogen-bond acceptors (Lipinski definition) is 2. The van der Waals surface area contributed by atoms with Crippen LogP contribution in [0.5, 0.6) is 0 Å². The Kier molecular flexibility index (Phi) is 3.85. The summed E-state index contributed by atoms with van der Waals surface area (Å²) in [5.41, 5.74) is 6.19. The van der Waals surface area contributed by atoms with E-state index in [2.05, 4.69) is 10.9 Å². The fourth-order valence-electron chi connectivity index (χ4n) is 1.07. The second-order valence-corrected chi connectivity index (χ2v) is 3.23. The van der Waals surface area contributed by atoms with Gasteiger partial charge in [-0.15, -0.1) is 0 Å². The number of carbonyl (C=O) groups excluding carboxylic acids is 2. The van der Waals surface area contributed by atoms with E-state index >= 15 is 0 Å². The third kappa shape index (κ3) is 3.42. The summed E-state index contributed by atoms with van der Waals surface area (Å²) < 4.78 is 0. The minimum Gasteiger partial charge on any atom is -0.273 e. The van der Waals surface area contributed by atoms with Crippen LogP contribution in [0.2, 0.25) is 0 Å². The van der Waals surface area contributed by atoms with Crippen molar-refractivity contribution in [2.75, 3.05) is 0 Å². The van der Waals surface area contributed by atoms with Crippen LogP contribution in [0.15, 0.2) is 24.3 Å². The number of carbonyl (C=O) groups is 2. The predicted octanol–water partition coefficient (Wildman–Crippen LogP) is 1.17. The maximum Gasteiger partial charge on any atom is 0.269 e. The van der Waals surface area contributed by atoms with Crippen molar-refractivity contribution in [2.45, 2.75) is 20.3 Å². The van der Waals surface area contributed by atoms with Crippen molar-refractivity contribution in [3.05, 3.63) is 35.4 Å². The van der Waals surface area contributed by atoms with Gasteiger partial charge in [-0.1, -0.05) is 24.6 Å². The minimum atomic E-state index is -0.305. The predicted molar refractivity (Wildman–Crippen MR) is 57.1 cm³/mol. The zero-order valence-electron chi connectivity index (χ0n) is 8.83. The first-order valence-corrected chi connectivity index (χ1v) is 4.79. The molecule has 0 aliphatic heterocycles. The van der Waals surface area contributed by atoms with E-state index < -0.39 is 0 Å². The van der Waals surface area contributed by atoms with Crippen LogP contribution in [0.1, 0.15) is 29.3 Å². The lowest BCUT2D eigenvalue weighted by atomic mass is 10.1. The van der Waals surface area contributed by atoms with E-state index in [1.165, 1.54) is 0 Å². The van der Waals surface area contributed by atoms with E-state index in [-0.39, 0.29) is 11.8 Å². The van der Waals surface area contributed by atoms with Gasteiger partial charge in [0.1, 0.15) is 0 Å². The average molecular weight is 206 g/mol. The van der Waals surface area contributed by atoms with E-state index in [0.717, 1.165) is 5.56 Å². The molecule has 0 atom stereocenters. The smallest absolute Gasteiger partial charge is 0.269 e. The highest BCUT2D eigenvalue weighted by Crippen LogP contribution is 2.02. The van der Waals surface area contributed by atoms with Crippen LogP contribution in [-0.2, 0) is 4.79 Å². The molecule has 0 fully saturated rings. The quantitative estimate of drug-likeness (QED) is 0.713. The molecule has 1 rings (SSSR count). The highest BCUT2D eigenvalue weighted by atomic mass is 16.2. The van der Waals surface area contributed by atoms with Gasteiger partial charge in [0.15, 0.2) is 0 Å². The van der Waals surface area contributed by atoms with E-state index in [1.807, 2.05) is 13.0 Å². The van der Waals surface area contributed by atoms with Crippen LogP contribution < -0.4 is 10.9 Å². The topological polar surface area (TPSA) is 58.2 Å². The number of hydrazine groups is 1. The van der Waals surface area contributed by atoms with Crippen molar-refractivity contribution in [3.63, 3.8) is 0 Å². The fourth-order valence-corrected chi connectivity index (χ4v) is 1.07. The second-order valence-electron chi connectivity index (χ2n) is 3.23. The molecule has 0 radical (unpaired) electrons. The Bertz CT molecular complexity index is 375. The molecule has 0 aromatic heterocycles. The van der Waals surface area contributed by atoms with Crippen molar-refractivity contribution in [3.8, 4) is 0 Å². The van der Waals surface area contributed by atoms with E-state index in [9.17, 15) is 9.59 Å². The molecular weight excluding hydrogens is 192 g/mol. The van der Waals surface area contributed by atoms with Crippen LogP contribution in [0.25, 0.3) is 0 Å². The van der Waals surface area contributed by atoms with Gasteiger partial charge in [-0.25, -0.2) is 0 Å². The number of nitrogens with one attached hydrogen (secondary N) is 2. The van der Waals surface area contributed by atoms with Crippen molar-refractivity contribution >= 4 is 11.8 Å². The van der Waals surface area contributed by atoms with Gasteiger partial charge in [0, 0.05) is 12.0 Å². The molecule has 2 amide bonds. The Morgan fingerprint density at radius 3 is 2.60 bits per heavy atom. The van der Waals surface area contributed by atoms with Crippen LogP contribution in [0, 0.1) is 6.92 Å². The van der Waals surface area contributed by atoms with Gasteiger partial charge in [-0.2, -0.15) is 0 Å². The molecule has 0 aliphatic rings. The van der Waals surface area contributed by atoms with Gasteiger partial charge in [0.25, 0.3) is 5.91 Å². The number of aryl methyl sites for hydroxylation is 1. The van der Waals surface area contributed by atoms with Crippen molar-refractivity contribution in [1.29, 1.82) is 0 Å². The Morgan fingerprint density at radius 1 is 1.27 bits per heavy atom. The summed E-state index contributed by atoms with van der Waals surface area (Å²) in [5, 5.41) is 0. The van der Waals surface area contributed by atoms with Crippen LogP contribution in [0.3, 0.4) is 0 Å². The molecule has 2 N–H and O–H groups in total. The monoisotopic (exact) mass is 206 g/mol. The van der Waals surface area contributed by atoms with Gasteiger partial charge < -0.3 is 0 Å². The summed E-state index contributed by atoms with van der Waals surface area (Å²) in [6.07, 6.45) is 0.341. The molecule has 0 unspecified atom stereocenters. The van der Waals surface area contributed by atoms with Crippen molar-refractivity contribution in [2.24, 2.45) is 0 Å². The van der Waals surface area contributed by atoms with Gasteiger partial charge in [0.2, 0.25) is 5.91 Å². The molecule has 15 heavy (non-hydrogen) atoms. The molecule has 0 heterocycles. The molecule has 0 saturated carbocycles. The zero-order chi connectivity index (χ0) is 11.3. The van der Waals surface area contributed by atoms with Crippen LogP contribution in [0.4, 0.5) is 0 Å². The maximum absolute atomic E-state index is 11.5. The third-order valence-corrected chi connectivity index (χ3v) is 1.92. The first-order chi connectivity index (χ1) is 7.13. The number of benzene rings is 1. The molecule has 4 heteroatoms. The minimum absolute atomic E-state index is 0.212. The number of rotatable bonds is 2. The number of amides is 2. The molecule has 4 nitrogen and oxygen atoms in total. The molecule has 80 valence electrons. The zero-order valence-corrected chi connectivity index (χ0v) is 8.83. The summed E-state index contributed by atoms with van der Waals surface area (Å²) in [6.45, 7) is 3.62. The van der Waals surface area contributed by atoms with Crippen LogP contribution in [-0.4, -0.2) is 11.8 Å². The standard InChI is InChI=1S/C11H14N2O2/c1-3-10(14)12-13-11(15)9-6-4-5-8(2)7-9/h4-7H,3H2,1-2H3,(H,12,14)(H,13,15). The van der Waals surface area contributed by atoms with Gasteiger partial charge in [-0.05, 0) is 19.1 Å². The maximum atomic E-state index is 11.5. The van der Waals surface area contributed by atoms with E-state index in [1.54, 1.807) is 25.1 Å². The Balaban J connectivity index is 2.58. The summed E-state index contributed by atoms with van der Waals surface area (Å²) in [5.74, 6) is -0.517. The molecule has 0 spiro atoms. The summed E-state index contributed by atoms with van der Waals surface area (Å²) in [6, 6.07) is 7.15. The lowest BCUT2D eigenvalue weighted by molar-refractivity contribution is -0.121. The normalized spacial score (nSPS) is 9.47. The first-order valence-electron chi connectivity index (χ1n) is 4.79.